The van der Waals surface area contributed by atoms with Gasteiger partial charge in [-0.2, -0.15) is 0 Å². The van der Waals surface area contributed by atoms with Crippen molar-refractivity contribution >= 4 is 34.6 Å². The van der Waals surface area contributed by atoms with Gasteiger partial charge in [-0.25, -0.2) is 4.99 Å². The Morgan fingerprint density at radius 1 is 1.09 bits per heavy atom. The fraction of sp³-hybridized carbons (Fsp3) is 0.111. The summed E-state index contributed by atoms with van der Waals surface area (Å²) in [5, 5.41) is 12.7. The normalized spacial score (nSPS) is 17.7. The summed E-state index contributed by atoms with van der Waals surface area (Å²) in [6, 6.07) is 12.7. The molecule has 1 saturated heterocycles. The zero-order chi connectivity index (χ0) is 16.4. The second kappa shape index (κ2) is 6.30. The number of benzene rings is 2. The molecule has 4 nitrogen and oxygen atoms in total. The van der Waals surface area contributed by atoms with Crippen LogP contribution in [0.1, 0.15) is 16.7 Å². The van der Waals surface area contributed by atoms with Crippen molar-refractivity contribution in [3.63, 3.8) is 0 Å². The van der Waals surface area contributed by atoms with Gasteiger partial charge in [0.15, 0.2) is 5.17 Å². The van der Waals surface area contributed by atoms with E-state index in [-0.39, 0.29) is 11.7 Å². The summed E-state index contributed by atoms with van der Waals surface area (Å²) in [7, 11) is 0. The predicted molar refractivity (Wildman–Crippen MR) is 94.8 cm³/mol. The topological polar surface area (TPSA) is 61.7 Å². The maximum Gasteiger partial charge on any atom is 0.264 e. The van der Waals surface area contributed by atoms with Gasteiger partial charge < -0.3 is 10.4 Å². The molecule has 0 bridgehead atoms. The second-order valence-corrected chi connectivity index (χ2v) is 6.34. The third-order valence-corrected chi connectivity index (χ3v) is 4.40. The van der Waals surface area contributed by atoms with Crippen LogP contribution in [-0.2, 0) is 4.79 Å². The number of carbonyl (C=O) groups excluding carboxylic acids is 1. The standard InChI is InChI=1S/C18H16N2O2S/c1-11-4-3-5-12(2)16(11)19-18-20-17(22)15(23-18)10-13-6-8-14(21)9-7-13/h3-10,21H,1-2H3,(H,19,20,22)/b15-10+. The SMILES string of the molecule is Cc1cccc(C)c1N=C1NC(=O)/C(=C\c2ccc(O)cc2)S1. The number of amides is 1. The molecule has 0 spiro atoms. The highest BCUT2D eigenvalue weighted by molar-refractivity contribution is 8.18. The fourth-order valence-corrected chi connectivity index (χ4v) is 3.11. The number of rotatable bonds is 2. The molecular weight excluding hydrogens is 308 g/mol. The molecule has 1 amide bonds. The average Bonchev–Trinajstić information content (AvgIpc) is 2.85. The minimum atomic E-state index is -0.159. The molecule has 0 saturated carbocycles. The van der Waals surface area contributed by atoms with Crippen LogP contribution in [-0.4, -0.2) is 16.2 Å². The first-order valence-corrected chi connectivity index (χ1v) is 7.99. The molecule has 2 aromatic carbocycles. The first-order valence-electron chi connectivity index (χ1n) is 7.18. The number of aliphatic imine (C=N–C) groups is 1. The lowest BCUT2D eigenvalue weighted by Gasteiger charge is -2.04. The van der Waals surface area contributed by atoms with E-state index >= 15 is 0 Å². The van der Waals surface area contributed by atoms with Gasteiger partial charge in [0.05, 0.1) is 10.6 Å². The molecule has 2 N–H and O–H groups in total. The third-order valence-electron chi connectivity index (χ3n) is 3.49. The highest BCUT2D eigenvalue weighted by Gasteiger charge is 2.24. The monoisotopic (exact) mass is 324 g/mol. The van der Waals surface area contributed by atoms with E-state index in [1.807, 2.05) is 32.0 Å². The lowest BCUT2D eigenvalue weighted by atomic mass is 10.1. The molecule has 1 aliphatic rings. The molecule has 116 valence electrons. The molecule has 1 aliphatic heterocycles. The lowest BCUT2D eigenvalue weighted by molar-refractivity contribution is -0.115. The van der Waals surface area contributed by atoms with Crippen molar-refractivity contribution in [1.29, 1.82) is 0 Å². The number of aryl methyl sites for hydroxylation is 2. The quantitative estimate of drug-likeness (QED) is 0.824. The van der Waals surface area contributed by atoms with Gasteiger partial charge in [-0.15, -0.1) is 0 Å². The molecular formula is C18H16N2O2S. The summed E-state index contributed by atoms with van der Waals surface area (Å²) in [5.41, 5.74) is 3.89. The van der Waals surface area contributed by atoms with Crippen molar-refractivity contribution in [2.24, 2.45) is 4.99 Å². The number of thioether (sulfide) groups is 1. The van der Waals surface area contributed by atoms with Gasteiger partial charge in [0.2, 0.25) is 0 Å². The third kappa shape index (κ3) is 3.46. The minimum absolute atomic E-state index is 0.159. The Kier molecular flexibility index (Phi) is 4.21. The van der Waals surface area contributed by atoms with Crippen LogP contribution in [0.3, 0.4) is 0 Å². The number of para-hydroxylation sites is 1. The maximum absolute atomic E-state index is 12.1. The van der Waals surface area contributed by atoms with Gasteiger partial charge in [-0.3, -0.25) is 4.79 Å². The van der Waals surface area contributed by atoms with Gasteiger partial charge in [0.25, 0.3) is 5.91 Å². The Labute approximate surface area is 139 Å². The number of hydrogen-bond acceptors (Lipinski definition) is 4. The van der Waals surface area contributed by atoms with E-state index in [4.69, 9.17) is 0 Å². The van der Waals surface area contributed by atoms with Crippen LogP contribution >= 0.6 is 11.8 Å². The van der Waals surface area contributed by atoms with Crippen LogP contribution in [0.5, 0.6) is 5.75 Å². The van der Waals surface area contributed by atoms with E-state index in [9.17, 15) is 9.90 Å². The van der Waals surface area contributed by atoms with Gasteiger partial charge >= 0.3 is 0 Å². The summed E-state index contributed by atoms with van der Waals surface area (Å²) in [5.74, 6) is 0.0426. The van der Waals surface area contributed by atoms with Crippen molar-refractivity contribution < 1.29 is 9.90 Å². The summed E-state index contributed by atoms with van der Waals surface area (Å²) in [6.07, 6.45) is 1.78. The van der Waals surface area contributed by atoms with E-state index in [2.05, 4.69) is 10.3 Å². The van der Waals surface area contributed by atoms with Crippen LogP contribution < -0.4 is 5.32 Å². The first-order chi connectivity index (χ1) is 11.0. The maximum atomic E-state index is 12.1. The number of amidine groups is 1. The highest BCUT2D eigenvalue weighted by Crippen LogP contribution is 2.30. The predicted octanol–water partition coefficient (Wildman–Crippen LogP) is 3.90. The van der Waals surface area contributed by atoms with Gasteiger partial charge in [-0.1, -0.05) is 30.3 Å². The Bertz CT molecular complexity index is 803. The number of aromatic hydroxyl groups is 1. The molecule has 5 heteroatoms. The highest BCUT2D eigenvalue weighted by atomic mass is 32.2. The van der Waals surface area contributed by atoms with Gasteiger partial charge in [0.1, 0.15) is 5.75 Å². The molecule has 23 heavy (non-hydrogen) atoms. The van der Waals surface area contributed by atoms with E-state index in [1.165, 1.54) is 11.8 Å². The molecule has 0 atom stereocenters. The molecule has 0 aromatic heterocycles. The minimum Gasteiger partial charge on any atom is -0.508 e. The number of phenols is 1. The van der Waals surface area contributed by atoms with Crippen LogP contribution in [0, 0.1) is 13.8 Å². The lowest BCUT2D eigenvalue weighted by Crippen LogP contribution is -2.19. The molecule has 2 aromatic rings. The summed E-state index contributed by atoms with van der Waals surface area (Å²) >= 11 is 1.32. The summed E-state index contributed by atoms with van der Waals surface area (Å²) in [4.78, 5) is 17.2. The number of nitrogens with zero attached hydrogens (tertiary/aromatic N) is 1. The smallest absolute Gasteiger partial charge is 0.264 e. The zero-order valence-electron chi connectivity index (χ0n) is 12.8. The Morgan fingerprint density at radius 2 is 1.74 bits per heavy atom. The number of carbonyl (C=O) groups is 1. The molecule has 1 fully saturated rings. The first kappa shape index (κ1) is 15.4. The van der Waals surface area contributed by atoms with Crippen LogP contribution in [0.15, 0.2) is 52.4 Å². The molecule has 0 unspecified atom stereocenters. The largest absolute Gasteiger partial charge is 0.508 e. The van der Waals surface area contributed by atoms with Crippen molar-refractivity contribution in [2.45, 2.75) is 13.8 Å². The zero-order valence-corrected chi connectivity index (χ0v) is 13.6. The number of nitrogens with one attached hydrogen (secondary N) is 1. The Balaban J connectivity index is 1.88. The second-order valence-electron chi connectivity index (χ2n) is 5.31. The van der Waals surface area contributed by atoms with Gasteiger partial charge in [0, 0.05) is 0 Å². The Hall–Kier alpha value is -2.53. The van der Waals surface area contributed by atoms with E-state index in [0.29, 0.717) is 10.1 Å². The van der Waals surface area contributed by atoms with Crippen LogP contribution in [0.25, 0.3) is 6.08 Å². The number of hydrogen-bond donors (Lipinski definition) is 2. The van der Waals surface area contributed by atoms with E-state index < -0.39 is 0 Å². The molecule has 1 heterocycles. The fourth-order valence-electron chi connectivity index (χ4n) is 2.29. The van der Waals surface area contributed by atoms with E-state index in [1.54, 1.807) is 30.3 Å². The Morgan fingerprint density at radius 3 is 2.39 bits per heavy atom. The molecule has 0 radical (unpaired) electrons. The number of phenolic OH excluding ortho intramolecular Hbond substituents is 1. The van der Waals surface area contributed by atoms with Crippen molar-refractivity contribution in [2.75, 3.05) is 0 Å². The van der Waals surface area contributed by atoms with E-state index in [0.717, 1.165) is 22.4 Å². The average molecular weight is 324 g/mol. The van der Waals surface area contributed by atoms with Crippen molar-refractivity contribution in [1.82, 2.24) is 5.32 Å². The van der Waals surface area contributed by atoms with Crippen molar-refractivity contribution in [3.8, 4) is 5.75 Å². The summed E-state index contributed by atoms with van der Waals surface area (Å²) < 4.78 is 0. The molecule has 0 aliphatic carbocycles. The van der Waals surface area contributed by atoms with Crippen LogP contribution in [0.4, 0.5) is 5.69 Å². The summed E-state index contributed by atoms with van der Waals surface area (Å²) in [6.45, 7) is 4.00. The molecule has 3 rings (SSSR count). The van der Waals surface area contributed by atoms with Crippen LogP contribution in [0.2, 0.25) is 0 Å². The van der Waals surface area contributed by atoms with Crippen molar-refractivity contribution in [3.05, 3.63) is 64.1 Å². The van der Waals surface area contributed by atoms with Gasteiger partial charge in [-0.05, 0) is 60.5 Å².